The van der Waals surface area contributed by atoms with Crippen LogP contribution in [0.5, 0.6) is 0 Å². The van der Waals surface area contributed by atoms with Crippen LogP contribution in [0.1, 0.15) is 49.1 Å². The van der Waals surface area contributed by atoms with Crippen molar-refractivity contribution in [1.82, 2.24) is 9.88 Å². The molecular weight excluding hydrogens is 360 g/mol. The number of hydrogen-bond acceptors (Lipinski definition) is 3. The number of amides is 1. The maximum absolute atomic E-state index is 13.2. The van der Waals surface area contributed by atoms with Crippen molar-refractivity contribution in [3.05, 3.63) is 77.7 Å². The molecule has 3 aromatic rings. The SMILES string of the molecule is CC[C@@H](c1ccccc1)[C@@H]1CCCN1C(=O)Cc1nc(-c2ccccc2)oc1C. The van der Waals surface area contributed by atoms with Crippen LogP contribution in [-0.4, -0.2) is 28.4 Å². The van der Waals surface area contributed by atoms with E-state index < -0.39 is 0 Å². The lowest BCUT2D eigenvalue weighted by molar-refractivity contribution is -0.131. The first-order valence-electron chi connectivity index (χ1n) is 10.5. The number of nitrogens with zero attached hydrogens (tertiary/aromatic N) is 2. The summed E-state index contributed by atoms with van der Waals surface area (Å²) in [7, 11) is 0. The molecule has 0 bridgehead atoms. The number of oxazole rings is 1. The number of hydrogen-bond donors (Lipinski definition) is 0. The third-order valence-corrected chi connectivity index (χ3v) is 5.98. The van der Waals surface area contributed by atoms with Crippen LogP contribution in [0.25, 0.3) is 11.5 Å². The molecule has 0 unspecified atom stereocenters. The molecule has 1 amide bonds. The molecule has 29 heavy (non-hydrogen) atoms. The number of carbonyl (C=O) groups is 1. The molecule has 1 aliphatic heterocycles. The fourth-order valence-electron chi connectivity index (χ4n) is 4.49. The summed E-state index contributed by atoms with van der Waals surface area (Å²) in [5.74, 6) is 1.83. The molecule has 4 nitrogen and oxygen atoms in total. The van der Waals surface area contributed by atoms with Gasteiger partial charge in [-0.05, 0) is 43.9 Å². The molecule has 0 aliphatic carbocycles. The Hall–Kier alpha value is -2.88. The van der Waals surface area contributed by atoms with Crippen molar-refractivity contribution < 1.29 is 9.21 Å². The highest BCUT2D eigenvalue weighted by atomic mass is 16.4. The van der Waals surface area contributed by atoms with Gasteiger partial charge in [0.15, 0.2) is 0 Å². The molecule has 1 aromatic heterocycles. The largest absolute Gasteiger partial charge is 0.441 e. The van der Waals surface area contributed by atoms with Crippen LogP contribution >= 0.6 is 0 Å². The summed E-state index contributed by atoms with van der Waals surface area (Å²) in [5.41, 5.74) is 3.00. The molecule has 0 N–H and O–H groups in total. The Kier molecular flexibility index (Phi) is 5.79. The van der Waals surface area contributed by atoms with Crippen LogP contribution in [0.15, 0.2) is 65.1 Å². The summed E-state index contributed by atoms with van der Waals surface area (Å²) in [6.45, 7) is 4.93. The topological polar surface area (TPSA) is 46.3 Å². The van der Waals surface area contributed by atoms with E-state index in [1.54, 1.807) is 0 Å². The monoisotopic (exact) mass is 388 g/mol. The van der Waals surface area contributed by atoms with Gasteiger partial charge in [0.1, 0.15) is 5.76 Å². The molecule has 2 heterocycles. The minimum absolute atomic E-state index is 0.151. The van der Waals surface area contributed by atoms with E-state index >= 15 is 0 Å². The van der Waals surface area contributed by atoms with Gasteiger partial charge in [0, 0.05) is 24.1 Å². The molecule has 4 rings (SSSR count). The molecular formula is C25H28N2O2. The van der Waals surface area contributed by atoms with Gasteiger partial charge in [-0.3, -0.25) is 4.79 Å². The van der Waals surface area contributed by atoms with Crippen LogP contribution in [0, 0.1) is 6.92 Å². The molecule has 1 aliphatic rings. The number of aromatic nitrogens is 1. The zero-order chi connectivity index (χ0) is 20.2. The average Bonchev–Trinajstić information content (AvgIpc) is 3.37. The first-order chi connectivity index (χ1) is 14.2. The van der Waals surface area contributed by atoms with Gasteiger partial charge < -0.3 is 9.32 Å². The van der Waals surface area contributed by atoms with E-state index in [4.69, 9.17) is 4.42 Å². The van der Waals surface area contributed by atoms with Crippen LogP contribution in [-0.2, 0) is 11.2 Å². The van der Waals surface area contributed by atoms with Crippen LogP contribution in [0.4, 0.5) is 0 Å². The fraction of sp³-hybridized carbons (Fsp3) is 0.360. The molecule has 2 aromatic carbocycles. The smallest absolute Gasteiger partial charge is 0.228 e. The highest BCUT2D eigenvalue weighted by Crippen LogP contribution is 2.34. The number of rotatable bonds is 6. The van der Waals surface area contributed by atoms with Crippen molar-refractivity contribution in [3.63, 3.8) is 0 Å². The van der Waals surface area contributed by atoms with Gasteiger partial charge >= 0.3 is 0 Å². The fourth-order valence-corrected chi connectivity index (χ4v) is 4.49. The van der Waals surface area contributed by atoms with E-state index in [0.29, 0.717) is 18.2 Å². The summed E-state index contributed by atoms with van der Waals surface area (Å²) in [6, 6.07) is 20.7. The lowest BCUT2D eigenvalue weighted by Gasteiger charge is -2.31. The molecule has 0 saturated carbocycles. The van der Waals surface area contributed by atoms with Gasteiger partial charge in [0.2, 0.25) is 11.8 Å². The zero-order valence-corrected chi connectivity index (χ0v) is 17.2. The first-order valence-corrected chi connectivity index (χ1v) is 10.5. The second kappa shape index (κ2) is 8.64. The molecule has 2 atom stereocenters. The molecule has 0 spiro atoms. The Labute approximate surface area is 172 Å². The molecule has 1 saturated heterocycles. The quantitative estimate of drug-likeness (QED) is 0.570. The minimum atomic E-state index is 0.151. The van der Waals surface area contributed by atoms with E-state index in [0.717, 1.165) is 42.8 Å². The number of likely N-dealkylation sites (tertiary alicyclic amines) is 1. The maximum Gasteiger partial charge on any atom is 0.228 e. The van der Waals surface area contributed by atoms with E-state index in [2.05, 4.69) is 41.1 Å². The summed E-state index contributed by atoms with van der Waals surface area (Å²) >= 11 is 0. The molecule has 150 valence electrons. The minimum Gasteiger partial charge on any atom is -0.441 e. The molecule has 1 fully saturated rings. The van der Waals surface area contributed by atoms with Gasteiger partial charge in [-0.25, -0.2) is 4.98 Å². The zero-order valence-electron chi connectivity index (χ0n) is 17.2. The Morgan fingerprint density at radius 2 is 1.83 bits per heavy atom. The van der Waals surface area contributed by atoms with E-state index in [-0.39, 0.29) is 11.9 Å². The Morgan fingerprint density at radius 3 is 2.52 bits per heavy atom. The molecule has 4 heteroatoms. The predicted molar refractivity (Wildman–Crippen MR) is 115 cm³/mol. The van der Waals surface area contributed by atoms with Gasteiger partial charge in [0.05, 0.1) is 12.1 Å². The van der Waals surface area contributed by atoms with Crippen molar-refractivity contribution in [1.29, 1.82) is 0 Å². The van der Waals surface area contributed by atoms with E-state index in [1.165, 1.54) is 5.56 Å². The van der Waals surface area contributed by atoms with E-state index in [9.17, 15) is 4.79 Å². The van der Waals surface area contributed by atoms with Crippen LogP contribution in [0.3, 0.4) is 0 Å². The number of aryl methyl sites for hydroxylation is 1. The van der Waals surface area contributed by atoms with Gasteiger partial charge in [-0.15, -0.1) is 0 Å². The van der Waals surface area contributed by atoms with Crippen molar-refractivity contribution in [3.8, 4) is 11.5 Å². The lowest BCUT2D eigenvalue weighted by atomic mass is 9.87. The summed E-state index contributed by atoms with van der Waals surface area (Å²) in [4.78, 5) is 19.9. The molecule has 0 radical (unpaired) electrons. The van der Waals surface area contributed by atoms with Crippen molar-refractivity contribution in [2.75, 3.05) is 6.54 Å². The van der Waals surface area contributed by atoms with Crippen LogP contribution < -0.4 is 0 Å². The highest BCUT2D eigenvalue weighted by Gasteiger charge is 2.35. The van der Waals surface area contributed by atoms with Crippen molar-refractivity contribution >= 4 is 5.91 Å². The summed E-state index contributed by atoms with van der Waals surface area (Å²) in [5, 5.41) is 0. The normalized spacial score (nSPS) is 17.4. The number of carbonyl (C=O) groups excluding carboxylic acids is 1. The van der Waals surface area contributed by atoms with E-state index in [1.807, 2.05) is 43.3 Å². The third kappa shape index (κ3) is 4.12. The maximum atomic E-state index is 13.2. The summed E-state index contributed by atoms with van der Waals surface area (Å²) in [6.07, 6.45) is 3.45. The Balaban J connectivity index is 1.51. The Bertz CT molecular complexity index is 949. The van der Waals surface area contributed by atoms with Gasteiger partial charge in [-0.2, -0.15) is 0 Å². The Morgan fingerprint density at radius 1 is 1.14 bits per heavy atom. The first kappa shape index (κ1) is 19.4. The second-order valence-electron chi connectivity index (χ2n) is 7.79. The second-order valence-corrected chi connectivity index (χ2v) is 7.79. The highest BCUT2D eigenvalue weighted by molar-refractivity contribution is 5.79. The standard InChI is InChI=1S/C25H28N2O2/c1-3-21(19-11-6-4-7-12-19)23-15-10-16-27(23)24(28)17-22-18(2)29-25(26-22)20-13-8-5-9-14-20/h4-9,11-14,21,23H,3,10,15-17H2,1-2H3/t21-,23-/m0/s1. The third-order valence-electron chi connectivity index (χ3n) is 5.98. The van der Waals surface area contributed by atoms with Gasteiger partial charge in [-0.1, -0.05) is 55.5 Å². The average molecular weight is 389 g/mol. The predicted octanol–water partition coefficient (Wildman–Crippen LogP) is 5.38. The summed E-state index contributed by atoms with van der Waals surface area (Å²) < 4.78 is 5.85. The number of benzene rings is 2. The van der Waals surface area contributed by atoms with Crippen molar-refractivity contribution in [2.24, 2.45) is 0 Å². The van der Waals surface area contributed by atoms with Gasteiger partial charge in [0.25, 0.3) is 0 Å². The van der Waals surface area contributed by atoms with Crippen LogP contribution in [0.2, 0.25) is 0 Å². The van der Waals surface area contributed by atoms with Crippen molar-refractivity contribution in [2.45, 2.75) is 51.5 Å². The lowest BCUT2D eigenvalue weighted by Crippen LogP contribution is -2.40.